The lowest BCUT2D eigenvalue weighted by atomic mass is 10.2. The number of urea groups is 1. The van der Waals surface area contributed by atoms with Crippen LogP contribution in [0.2, 0.25) is 0 Å². The Bertz CT molecular complexity index is 847. The maximum atomic E-state index is 13.2. The molecule has 0 radical (unpaired) electrons. The molecule has 0 aliphatic carbocycles. The smallest absolute Gasteiger partial charge is 0.319 e. The standard InChI is InChI=1S/C17H15FN2O2S/c1-22-15-5-3-2-4-14(15)20-17(21)19-10-13-9-11-8-12(18)6-7-16(11)23-13/h2-9H,10H2,1H3,(H2,19,20,21). The minimum atomic E-state index is -0.321. The minimum absolute atomic E-state index is 0.260. The van der Waals surface area contributed by atoms with Crippen molar-refractivity contribution in [3.05, 3.63) is 59.2 Å². The largest absolute Gasteiger partial charge is 0.495 e. The Morgan fingerprint density at radius 2 is 2.04 bits per heavy atom. The Labute approximate surface area is 136 Å². The average Bonchev–Trinajstić information content (AvgIpc) is 2.95. The average molecular weight is 330 g/mol. The first-order valence-electron chi connectivity index (χ1n) is 7.01. The Hall–Kier alpha value is -2.60. The van der Waals surface area contributed by atoms with Gasteiger partial charge in [0.2, 0.25) is 0 Å². The van der Waals surface area contributed by atoms with Crippen molar-refractivity contribution in [3.8, 4) is 5.75 Å². The summed E-state index contributed by atoms with van der Waals surface area (Å²) in [5.41, 5.74) is 0.603. The van der Waals surface area contributed by atoms with Crippen molar-refractivity contribution in [1.82, 2.24) is 5.32 Å². The molecule has 2 aromatic carbocycles. The van der Waals surface area contributed by atoms with Crippen LogP contribution in [0.1, 0.15) is 4.88 Å². The number of carbonyl (C=O) groups excluding carboxylic acids is 1. The summed E-state index contributed by atoms with van der Waals surface area (Å²) >= 11 is 1.53. The van der Waals surface area contributed by atoms with Crippen molar-refractivity contribution in [2.24, 2.45) is 0 Å². The Balaban J connectivity index is 1.63. The van der Waals surface area contributed by atoms with E-state index in [0.29, 0.717) is 18.0 Å². The summed E-state index contributed by atoms with van der Waals surface area (Å²) in [5, 5.41) is 6.37. The zero-order chi connectivity index (χ0) is 16.2. The number of ether oxygens (including phenoxy) is 1. The zero-order valence-electron chi connectivity index (χ0n) is 12.4. The van der Waals surface area contributed by atoms with Crippen LogP contribution in [-0.2, 0) is 6.54 Å². The van der Waals surface area contributed by atoms with Crippen molar-refractivity contribution >= 4 is 33.1 Å². The quantitative estimate of drug-likeness (QED) is 0.746. The van der Waals surface area contributed by atoms with E-state index in [0.717, 1.165) is 15.0 Å². The van der Waals surface area contributed by atoms with Crippen LogP contribution >= 0.6 is 11.3 Å². The Kier molecular flexibility index (Phi) is 4.43. The van der Waals surface area contributed by atoms with Crippen LogP contribution in [0.25, 0.3) is 10.1 Å². The number of hydrogen-bond donors (Lipinski definition) is 2. The van der Waals surface area contributed by atoms with Gasteiger partial charge in [0.25, 0.3) is 0 Å². The van der Waals surface area contributed by atoms with E-state index in [1.54, 1.807) is 25.3 Å². The van der Waals surface area contributed by atoms with Crippen molar-refractivity contribution in [1.29, 1.82) is 0 Å². The van der Waals surface area contributed by atoms with Crippen LogP contribution in [0.15, 0.2) is 48.5 Å². The maximum absolute atomic E-state index is 13.2. The van der Waals surface area contributed by atoms with Gasteiger partial charge in [0.1, 0.15) is 11.6 Å². The molecule has 0 fully saturated rings. The number of rotatable bonds is 4. The summed E-state index contributed by atoms with van der Waals surface area (Å²) in [6.07, 6.45) is 0. The van der Waals surface area contributed by atoms with Crippen LogP contribution in [-0.4, -0.2) is 13.1 Å². The van der Waals surface area contributed by atoms with Gasteiger partial charge in [0.05, 0.1) is 19.3 Å². The molecule has 23 heavy (non-hydrogen) atoms. The number of methoxy groups -OCH3 is 1. The summed E-state index contributed by atoms with van der Waals surface area (Å²) in [7, 11) is 1.55. The third kappa shape index (κ3) is 3.60. The molecule has 118 valence electrons. The molecule has 2 amide bonds. The third-order valence-electron chi connectivity index (χ3n) is 3.31. The second kappa shape index (κ2) is 6.66. The van der Waals surface area contributed by atoms with Gasteiger partial charge in [0, 0.05) is 9.58 Å². The number of thiophene rings is 1. The van der Waals surface area contributed by atoms with Gasteiger partial charge >= 0.3 is 6.03 Å². The predicted molar refractivity (Wildman–Crippen MR) is 90.6 cm³/mol. The number of benzene rings is 2. The molecule has 0 bridgehead atoms. The number of para-hydroxylation sites is 2. The molecule has 4 nitrogen and oxygen atoms in total. The van der Waals surface area contributed by atoms with E-state index in [1.807, 2.05) is 18.2 Å². The highest BCUT2D eigenvalue weighted by molar-refractivity contribution is 7.19. The van der Waals surface area contributed by atoms with Crippen LogP contribution in [0.4, 0.5) is 14.9 Å². The van der Waals surface area contributed by atoms with Crippen LogP contribution in [0.3, 0.4) is 0 Å². The molecule has 3 aromatic rings. The summed E-state index contributed by atoms with van der Waals surface area (Å²) in [4.78, 5) is 12.9. The van der Waals surface area contributed by atoms with Crippen molar-refractivity contribution in [3.63, 3.8) is 0 Å². The fourth-order valence-corrected chi connectivity index (χ4v) is 3.22. The number of nitrogens with one attached hydrogen (secondary N) is 2. The molecule has 1 aromatic heterocycles. The van der Waals surface area contributed by atoms with E-state index >= 15 is 0 Å². The van der Waals surface area contributed by atoms with E-state index in [9.17, 15) is 9.18 Å². The fourth-order valence-electron chi connectivity index (χ4n) is 2.24. The summed E-state index contributed by atoms with van der Waals surface area (Å²) in [6, 6.07) is 13.4. The number of hydrogen-bond acceptors (Lipinski definition) is 3. The number of fused-ring (bicyclic) bond motifs is 1. The fraction of sp³-hybridized carbons (Fsp3) is 0.118. The highest BCUT2D eigenvalue weighted by Crippen LogP contribution is 2.26. The van der Waals surface area contributed by atoms with Crippen molar-refractivity contribution in [2.75, 3.05) is 12.4 Å². The van der Waals surface area contributed by atoms with Gasteiger partial charge in [0.15, 0.2) is 0 Å². The topological polar surface area (TPSA) is 50.4 Å². The maximum Gasteiger partial charge on any atom is 0.319 e. The molecule has 1 heterocycles. The molecular weight excluding hydrogens is 315 g/mol. The van der Waals surface area contributed by atoms with Gasteiger partial charge in [-0.2, -0.15) is 0 Å². The number of amides is 2. The number of carbonyl (C=O) groups is 1. The second-order valence-electron chi connectivity index (χ2n) is 4.90. The van der Waals surface area contributed by atoms with Gasteiger partial charge in [-0.1, -0.05) is 12.1 Å². The molecule has 2 N–H and O–H groups in total. The summed E-state index contributed by atoms with van der Waals surface area (Å²) in [5.74, 6) is 0.337. The normalized spacial score (nSPS) is 10.5. The molecule has 3 rings (SSSR count). The van der Waals surface area contributed by atoms with Gasteiger partial charge in [-0.05, 0) is 41.8 Å². The second-order valence-corrected chi connectivity index (χ2v) is 6.07. The third-order valence-corrected chi connectivity index (χ3v) is 4.42. The lowest BCUT2D eigenvalue weighted by molar-refractivity contribution is 0.251. The number of anilines is 1. The first kappa shape index (κ1) is 15.3. The van der Waals surface area contributed by atoms with E-state index in [1.165, 1.54) is 23.5 Å². The lowest BCUT2D eigenvalue weighted by Crippen LogP contribution is -2.28. The van der Waals surface area contributed by atoms with Crippen molar-refractivity contribution in [2.45, 2.75) is 6.54 Å². The molecule has 0 saturated carbocycles. The number of halogens is 1. The van der Waals surface area contributed by atoms with Crippen molar-refractivity contribution < 1.29 is 13.9 Å². The van der Waals surface area contributed by atoms with E-state index in [2.05, 4.69) is 10.6 Å². The SMILES string of the molecule is COc1ccccc1NC(=O)NCc1cc2cc(F)ccc2s1. The molecular formula is C17H15FN2O2S. The van der Waals surface area contributed by atoms with Crippen LogP contribution in [0.5, 0.6) is 5.75 Å². The van der Waals surface area contributed by atoms with E-state index < -0.39 is 0 Å². The van der Waals surface area contributed by atoms with Gasteiger partial charge in [-0.15, -0.1) is 11.3 Å². The molecule has 6 heteroatoms. The lowest BCUT2D eigenvalue weighted by Gasteiger charge is -2.10. The summed E-state index contributed by atoms with van der Waals surface area (Å²) in [6.45, 7) is 0.377. The van der Waals surface area contributed by atoms with E-state index in [4.69, 9.17) is 4.74 Å². The predicted octanol–water partition coefficient (Wildman–Crippen LogP) is 4.37. The molecule has 0 unspecified atom stereocenters. The van der Waals surface area contributed by atoms with Crippen LogP contribution in [0, 0.1) is 5.82 Å². The Morgan fingerprint density at radius 1 is 1.22 bits per heavy atom. The molecule has 0 saturated heterocycles. The minimum Gasteiger partial charge on any atom is -0.495 e. The van der Waals surface area contributed by atoms with Gasteiger partial charge < -0.3 is 15.4 Å². The first-order valence-corrected chi connectivity index (χ1v) is 7.83. The Morgan fingerprint density at radius 3 is 2.87 bits per heavy atom. The van der Waals surface area contributed by atoms with Gasteiger partial charge in [-0.3, -0.25) is 0 Å². The highest BCUT2D eigenvalue weighted by Gasteiger charge is 2.08. The molecule has 0 spiro atoms. The van der Waals surface area contributed by atoms with Crippen LogP contribution < -0.4 is 15.4 Å². The summed E-state index contributed by atoms with van der Waals surface area (Å²) < 4.78 is 19.4. The molecule has 0 atom stereocenters. The van der Waals surface area contributed by atoms with Gasteiger partial charge in [-0.25, -0.2) is 9.18 Å². The first-order chi connectivity index (χ1) is 11.2. The monoisotopic (exact) mass is 330 g/mol. The molecule has 0 aliphatic rings. The van der Waals surface area contributed by atoms with E-state index in [-0.39, 0.29) is 11.8 Å². The zero-order valence-corrected chi connectivity index (χ0v) is 13.2. The molecule has 0 aliphatic heterocycles. The highest BCUT2D eigenvalue weighted by atomic mass is 32.1.